The van der Waals surface area contributed by atoms with Crippen molar-refractivity contribution in [3.05, 3.63) is 120 Å². The topological polar surface area (TPSA) is 64.1 Å². The lowest BCUT2D eigenvalue weighted by Gasteiger charge is -2.11. The lowest BCUT2D eigenvalue weighted by Crippen LogP contribution is -2.13. The minimum absolute atomic E-state index is 0.205. The molecule has 0 aliphatic rings. The van der Waals surface area contributed by atoms with E-state index >= 15 is 0 Å². The maximum atomic E-state index is 13.2. The van der Waals surface area contributed by atoms with Gasteiger partial charge in [-0.15, -0.1) is 0 Å². The number of anilines is 1. The molecule has 0 aliphatic carbocycles. The highest BCUT2D eigenvalue weighted by Crippen LogP contribution is 2.25. The van der Waals surface area contributed by atoms with Crippen LogP contribution < -0.4 is 10.1 Å². The van der Waals surface area contributed by atoms with Crippen LogP contribution in [-0.2, 0) is 6.61 Å². The SMILES string of the molecule is O=C(Nc1ccc(OCc2ccccc2)cc1)c1cc(-c2ccccn2)nc2ccccc12. The van der Waals surface area contributed by atoms with E-state index < -0.39 is 0 Å². The number of pyridine rings is 2. The number of hydrogen-bond donors (Lipinski definition) is 1. The van der Waals surface area contributed by atoms with Crippen molar-refractivity contribution >= 4 is 22.5 Å². The third kappa shape index (κ3) is 4.72. The molecule has 5 heteroatoms. The summed E-state index contributed by atoms with van der Waals surface area (Å²) >= 11 is 0. The second-order valence-electron chi connectivity index (χ2n) is 7.54. The molecule has 0 fully saturated rings. The van der Waals surface area contributed by atoms with Crippen molar-refractivity contribution in [3.63, 3.8) is 0 Å². The third-order valence-corrected chi connectivity index (χ3v) is 5.25. The van der Waals surface area contributed by atoms with Crippen molar-refractivity contribution in [2.24, 2.45) is 0 Å². The average Bonchev–Trinajstić information content (AvgIpc) is 2.88. The molecule has 160 valence electrons. The zero-order valence-corrected chi connectivity index (χ0v) is 17.8. The molecule has 5 nitrogen and oxygen atoms in total. The Balaban J connectivity index is 1.36. The van der Waals surface area contributed by atoms with Crippen LogP contribution in [0.1, 0.15) is 15.9 Å². The van der Waals surface area contributed by atoms with Gasteiger partial charge in [0.1, 0.15) is 12.4 Å². The van der Waals surface area contributed by atoms with Crippen LogP contribution in [-0.4, -0.2) is 15.9 Å². The van der Waals surface area contributed by atoms with E-state index in [0.717, 1.165) is 27.9 Å². The molecule has 1 N–H and O–H groups in total. The molecule has 33 heavy (non-hydrogen) atoms. The van der Waals surface area contributed by atoms with Gasteiger partial charge in [-0.2, -0.15) is 0 Å². The van der Waals surface area contributed by atoms with Crippen molar-refractivity contribution in [2.45, 2.75) is 6.61 Å². The lowest BCUT2D eigenvalue weighted by molar-refractivity contribution is 0.102. The zero-order chi connectivity index (χ0) is 22.5. The van der Waals surface area contributed by atoms with Crippen LogP contribution in [0.4, 0.5) is 5.69 Å². The Kier molecular flexibility index (Phi) is 5.76. The molecule has 2 aromatic heterocycles. The molecular formula is C28H21N3O2. The number of aromatic nitrogens is 2. The van der Waals surface area contributed by atoms with Gasteiger partial charge in [-0.3, -0.25) is 9.78 Å². The first-order chi connectivity index (χ1) is 16.3. The van der Waals surface area contributed by atoms with E-state index in [0.29, 0.717) is 23.6 Å². The molecule has 0 bridgehead atoms. The molecule has 5 rings (SSSR count). The predicted octanol–water partition coefficient (Wildman–Crippen LogP) is 6.13. The van der Waals surface area contributed by atoms with E-state index in [-0.39, 0.29) is 5.91 Å². The van der Waals surface area contributed by atoms with Crippen LogP contribution in [0.2, 0.25) is 0 Å². The van der Waals surface area contributed by atoms with Crippen molar-refractivity contribution in [1.82, 2.24) is 9.97 Å². The van der Waals surface area contributed by atoms with Gasteiger partial charge in [0.05, 0.1) is 22.5 Å². The molecule has 5 aromatic rings. The maximum absolute atomic E-state index is 13.2. The molecule has 0 saturated heterocycles. The molecule has 0 atom stereocenters. The van der Waals surface area contributed by atoms with Crippen LogP contribution in [0.5, 0.6) is 5.75 Å². The highest BCUT2D eigenvalue weighted by Gasteiger charge is 2.14. The van der Waals surface area contributed by atoms with E-state index in [1.807, 2.05) is 97.1 Å². The highest BCUT2D eigenvalue weighted by molar-refractivity contribution is 6.13. The number of carbonyl (C=O) groups is 1. The second kappa shape index (κ2) is 9.32. The second-order valence-corrected chi connectivity index (χ2v) is 7.54. The van der Waals surface area contributed by atoms with E-state index in [1.54, 1.807) is 12.3 Å². The van der Waals surface area contributed by atoms with Gasteiger partial charge in [0.25, 0.3) is 5.91 Å². The van der Waals surface area contributed by atoms with Gasteiger partial charge in [-0.1, -0.05) is 54.6 Å². The quantitative estimate of drug-likeness (QED) is 0.351. The fourth-order valence-electron chi connectivity index (χ4n) is 3.58. The van der Waals surface area contributed by atoms with Crippen LogP contribution >= 0.6 is 0 Å². The number of hydrogen-bond acceptors (Lipinski definition) is 4. The van der Waals surface area contributed by atoms with E-state index in [9.17, 15) is 4.79 Å². The Hall–Kier alpha value is -4.51. The molecular weight excluding hydrogens is 410 g/mol. The zero-order valence-electron chi connectivity index (χ0n) is 17.8. The fourth-order valence-corrected chi connectivity index (χ4v) is 3.58. The van der Waals surface area contributed by atoms with E-state index in [2.05, 4.69) is 10.3 Å². The van der Waals surface area contributed by atoms with Crippen molar-refractivity contribution < 1.29 is 9.53 Å². The smallest absolute Gasteiger partial charge is 0.256 e. The first-order valence-corrected chi connectivity index (χ1v) is 10.7. The third-order valence-electron chi connectivity index (χ3n) is 5.25. The maximum Gasteiger partial charge on any atom is 0.256 e. The molecule has 1 amide bonds. The summed E-state index contributed by atoms with van der Waals surface area (Å²) in [5.74, 6) is 0.535. The summed E-state index contributed by atoms with van der Waals surface area (Å²) in [7, 11) is 0. The molecule has 3 aromatic carbocycles. The van der Waals surface area contributed by atoms with Crippen LogP contribution in [0.15, 0.2) is 109 Å². The van der Waals surface area contributed by atoms with Crippen LogP contribution in [0, 0.1) is 0 Å². The summed E-state index contributed by atoms with van der Waals surface area (Å²) < 4.78 is 5.83. The molecule has 0 saturated carbocycles. The van der Waals surface area contributed by atoms with Gasteiger partial charge < -0.3 is 10.1 Å². The summed E-state index contributed by atoms with van der Waals surface area (Å²) in [6.45, 7) is 0.492. The number of amides is 1. The standard InChI is InChI=1S/C28H21N3O2/c32-28(30-21-13-15-22(16-14-21)33-19-20-8-2-1-3-9-20)24-18-27(26-12-6-7-17-29-26)31-25-11-5-4-10-23(24)25/h1-18H,19H2,(H,30,32). The summed E-state index contributed by atoms with van der Waals surface area (Å²) in [5.41, 5.74) is 4.46. The summed E-state index contributed by atoms with van der Waals surface area (Å²) in [5, 5.41) is 3.78. The number of nitrogens with one attached hydrogen (secondary N) is 1. The van der Waals surface area contributed by atoms with Gasteiger partial charge >= 0.3 is 0 Å². The minimum atomic E-state index is -0.205. The van der Waals surface area contributed by atoms with E-state index in [4.69, 9.17) is 9.72 Å². The summed E-state index contributed by atoms with van der Waals surface area (Å²) in [4.78, 5) is 22.3. The molecule has 0 aliphatic heterocycles. The summed E-state index contributed by atoms with van der Waals surface area (Å²) in [6, 6.07) is 32.4. The number of ether oxygens (including phenoxy) is 1. The predicted molar refractivity (Wildman–Crippen MR) is 130 cm³/mol. The van der Waals surface area contributed by atoms with Gasteiger partial charge in [0.2, 0.25) is 0 Å². The molecule has 0 spiro atoms. The monoisotopic (exact) mass is 431 g/mol. The number of fused-ring (bicyclic) bond motifs is 1. The molecule has 0 unspecified atom stereocenters. The van der Waals surface area contributed by atoms with Gasteiger partial charge in [-0.05, 0) is 54.1 Å². The van der Waals surface area contributed by atoms with E-state index in [1.165, 1.54) is 0 Å². The Labute approximate surface area is 191 Å². The first kappa shape index (κ1) is 20.4. The van der Waals surface area contributed by atoms with Crippen LogP contribution in [0.3, 0.4) is 0 Å². The van der Waals surface area contributed by atoms with Crippen molar-refractivity contribution in [1.29, 1.82) is 0 Å². The molecule has 2 heterocycles. The minimum Gasteiger partial charge on any atom is -0.489 e. The average molecular weight is 431 g/mol. The largest absolute Gasteiger partial charge is 0.489 e. The van der Waals surface area contributed by atoms with Crippen molar-refractivity contribution in [2.75, 3.05) is 5.32 Å². The number of nitrogens with zero attached hydrogens (tertiary/aromatic N) is 2. The lowest BCUT2D eigenvalue weighted by atomic mass is 10.1. The number of carbonyl (C=O) groups excluding carboxylic acids is 1. The van der Waals surface area contributed by atoms with Gasteiger partial charge in [-0.25, -0.2) is 4.98 Å². The Morgan fingerprint density at radius 2 is 1.55 bits per heavy atom. The Bertz CT molecular complexity index is 1390. The normalized spacial score (nSPS) is 10.7. The summed E-state index contributed by atoms with van der Waals surface area (Å²) in [6.07, 6.45) is 1.72. The van der Waals surface area contributed by atoms with Gasteiger partial charge in [0, 0.05) is 17.3 Å². The number of para-hydroxylation sites is 1. The first-order valence-electron chi connectivity index (χ1n) is 10.7. The Morgan fingerprint density at radius 1 is 0.788 bits per heavy atom. The highest BCUT2D eigenvalue weighted by atomic mass is 16.5. The van der Waals surface area contributed by atoms with Gasteiger partial charge in [0.15, 0.2) is 0 Å². The van der Waals surface area contributed by atoms with Crippen LogP contribution in [0.25, 0.3) is 22.3 Å². The number of benzene rings is 3. The molecule has 0 radical (unpaired) electrons. The number of rotatable bonds is 6. The Morgan fingerprint density at radius 3 is 2.33 bits per heavy atom. The van der Waals surface area contributed by atoms with Crippen molar-refractivity contribution in [3.8, 4) is 17.1 Å². The fraction of sp³-hybridized carbons (Fsp3) is 0.0357.